The van der Waals surface area contributed by atoms with Crippen LogP contribution < -0.4 is 0 Å². The number of carbonyl (C=O) groups is 2. The van der Waals surface area contributed by atoms with E-state index in [4.69, 9.17) is 9.47 Å². The molecular weight excluding hydrogens is 374 g/mol. The molecule has 0 unspecified atom stereocenters. The Morgan fingerprint density at radius 3 is 1.86 bits per heavy atom. The van der Waals surface area contributed by atoms with Crippen molar-refractivity contribution in [3.63, 3.8) is 0 Å². The van der Waals surface area contributed by atoms with Crippen LogP contribution in [-0.4, -0.2) is 30.1 Å². The molecule has 0 atom stereocenters. The summed E-state index contributed by atoms with van der Waals surface area (Å²) in [7, 11) is 0. The van der Waals surface area contributed by atoms with Gasteiger partial charge in [-0.25, -0.2) is 4.98 Å². The van der Waals surface area contributed by atoms with Crippen LogP contribution in [0, 0.1) is 0 Å². The van der Waals surface area contributed by atoms with Crippen LogP contribution in [0.1, 0.15) is 24.8 Å². The van der Waals surface area contributed by atoms with Gasteiger partial charge in [0.25, 0.3) is 0 Å². The average Bonchev–Trinajstić information content (AvgIpc) is 3.15. The molecule has 3 rings (SSSR count). The van der Waals surface area contributed by atoms with E-state index in [2.05, 4.69) is 4.98 Å². The van der Waals surface area contributed by atoms with E-state index in [0.717, 1.165) is 21.7 Å². The number of benzene rings is 2. The molecule has 0 amide bonds. The summed E-state index contributed by atoms with van der Waals surface area (Å²) in [4.78, 5) is 30.6. The monoisotopic (exact) mass is 395 g/mol. The second-order valence-electron chi connectivity index (χ2n) is 5.90. The Morgan fingerprint density at radius 1 is 0.857 bits per heavy atom. The fraction of sp³-hybridized carbons (Fsp3) is 0.227. The molecule has 1 heterocycles. The van der Waals surface area contributed by atoms with Crippen LogP contribution in [0.15, 0.2) is 60.7 Å². The Kier molecular flexibility index (Phi) is 6.55. The van der Waals surface area contributed by atoms with Crippen molar-refractivity contribution in [2.45, 2.75) is 19.8 Å². The SMILES string of the molecule is CCOC(=O)C(C(=O)OCC)c1nc(-c2ccccc2)c(-c2ccccc2)s1. The molecule has 28 heavy (non-hydrogen) atoms. The summed E-state index contributed by atoms with van der Waals surface area (Å²) in [5.74, 6) is -2.48. The molecule has 1 aromatic heterocycles. The van der Waals surface area contributed by atoms with Crippen LogP contribution >= 0.6 is 11.3 Å². The largest absolute Gasteiger partial charge is 0.465 e. The summed E-state index contributed by atoms with van der Waals surface area (Å²) in [5, 5.41) is 0.370. The molecule has 0 saturated carbocycles. The van der Waals surface area contributed by atoms with Gasteiger partial charge in [0, 0.05) is 5.56 Å². The summed E-state index contributed by atoms with van der Waals surface area (Å²) < 4.78 is 10.2. The quantitative estimate of drug-likeness (QED) is 0.429. The van der Waals surface area contributed by atoms with Gasteiger partial charge < -0.3 is 9.47 Å². The molecule has 144 valence electrons. The predicted octanol–water partition coefficient (Wildman–Crippen LogP) is 4.69. The molecule has 6 heteroatoms. The normalized spacial score (nSPS) is 10.7. The lowest BCUT2D eigenvalue weighted by Crippen LogP contribution is -2.26. The molecular formula is C22H21NO4S. The highest BCUT2D eigenvalue weighted by atomic mass is 32.1. The Balaban J connectivity index is 2.13. The molecule has 3 aromatic rings. The van der Waals surface area contributed by atoms with Crippen molar-refractivity contribution in [1.29, 1.82) is 0 Å². The van der Waals surface area contributed by atoms with E-state index in [-0.39, 0.29) is 13.2 Å². The minimum Gasteiger partial charge on any atom is -0.465 e. The maximum atomic E-state index is 12.5. The van der Waals surface area contributed by atoms with E-state index < -0.39 is 17.9 Å². The molecule has 0 aliphatic rings. The maximum Gasteiger partial charge on any atom is 0.327 e. The lowest BCUT2D eigenvalue weighted by Gasteiger charge is -2.11. The third kappa shape index (κ3) is 4.28. The first-order valence-electron chi connectivity index (χ1n) is 9.10. The van der Waals surface area contributed by atoms with E-state index in [1.54, 1.807) is 13.8 Å². The minimum absolute atomic E-state index is 0.178. The lowest BCUT2D eigenvalue weighted by molar-refractivity contribution is -0.156. The average molecular weight is 395 g/mol. The Labute approximate surface area is 168 Å². The molecule has 0 N–H and O–H groups in total. The predicted molar refractivity (Wildman–Crippen MR) is 109 cm³/mol. The van der Waals surface area contributed by atoms with Gasteiger partial charge in [0.1, 0.15) is 5.01 Å². The molecule has 0 aliphatic heterocycles. The van der Waals surface area contributed by atoms with Crippen LogP contribution in [0.2, 0.25) is 0 Å². The number of thiazole rings is 1. The first kappa shape index (κ1) is 19.8. The van der Waals surface area contributed by atoms with Crippen molar-refractivity contribution < 1.29 is 19.1 Å². The standard InChI is InChI=1S/C22H21NO4S/c1-3-26-21(24)17(22(25)27-4-2)20-23-18(15-11-7-5-8-12-15)19(28-20)16-13-9-6-10-14-16/h5-14,17H,3-4H2,1-2H3. The van der Waals surface area contributed by atoms with Crippen molar-refractivity contribution >= 4 is 23.3 Å². The molecule has 0 saturated heterocycles. The number of hydrogen-bond acceptors (Lipinski definition) is 6. The second kappa shape index (κ2) is 9.28. The third-order valence-electron chi connectivity index (χ3n) is 4.02. The number of aromatic nitrogens is 1. The zero-order valence-electron chi connectivity index (χ0n) is 15.8. The minimum atomic E-state index is -1.19. The highest BCUT2D eigenvalue weighted by Crippen LogP contribution is 2.39. The van der Waals surface area contributed by atoms with Crippen LogP contribution in [0.4, 0.5) is 0 Å². The van der Waals surface area contributed by atoms with Gasteiger partial charge in [-0.15, -0.1) is 11.3 Å². The highest BCUT2D eigenvalue weighted by Gasteiger charge is 2.35. The number of hydrogen-bond donors (Lipinski definition) is 0. The summed E-state index contributed by atoms with van der Waals surface area (Å²) in [6.45, 7) is 3.76. The van der Waals surface area contributed by atoms with Crippen molar-refractivity contribution in [2.75, 3.05) is 13.2 Å². The number of rotatable bonds is 7. The van der Waals surface area contributed by atoms with E-state index >= 15 is 0 Å². The number of nitrogens with zero attached hydrogens (tertiary/aromatic N) is 1. The van der Waals surface area contributed by atoms with E-state index in [1.807, 2.05) is 60.7 Å². The first-order valence-corrected chi connectivity index (χ1v) is 9.92. The van der Waals surface area contributed by atoms with Crippen LogP contribution in [0.3, 0.4) is 0 Å². The molecule has 2 aromatic carbocycles. The van der Waals surface area contributed by atoms with Gasteiger partial charge in [0.15, 0.2) is 0 Å². The molecule has 0 fully saturated rings. The molecule has 0 aliphatic carbocycles. The zero-order valence-corrected chi connectivity index (χ0v) is 16.6. The van der Waals surface area contributed by atoms with Gasteiger partial charge in [0.05, 0.1) is 23.8 Å². The summed E-state index contributed by atoms with van der Waals surface area (Å²) >= 11 is 1.31. The first-order chi connectivity index (χ1) is 13.7. The topological polar surface area (TPSA) is 65.5 Å². The van der Waals surface area contributed by atoms with Crippen molar-refractivity contribution in [3.05, 3.63) is 65.7 Å². The van der Waals surface area contributed by atoms with Crippen molar-refractivity contribution in [3.8, 4) is 21.7 Å². The number of esters is 2. The lowest BCUT2D eigenvalue weighted by atomic mass is 10.1. The van der Waals surface area contributed by atoms with E-state index in [9.17, 15) is 9.59 Å². The fourth-order valence-electron chi connectivity index (χ4n) is 2.79. The van der Waals surface area contributed by atoms with Gasteiger partial charge in [-0.1, -0.05) is 60.7 Å². The Hall–Kier alpha value is -2.99. The van der Waals surface area contributed by atoms with Crippen LogP contribution in [0.5, 0.6) is 0 Å². The second-order valence-corrected chi connectivity index (χ2v) is 6.93. The van der Waals surface area contributed by atoms with Crippen LogP contribution in [-0.2, 0) is 19.1 Å². The summed E-state index contributed by atoms with van der Waals surface area (Å²) in [5.41, 5.74) is 2.61. The molecule has 0 spiro atoms. The van der Waals surface area contributed by atoms with Crippen molar-refractivity contribution in [1.82, 2.24) is 4.98 Å². The fourth-order valence-corrected chi connectivity index (χ4v) is 3.96. The van der Waals surface area contributed by atoms with Gasteiger partial charge in [-0.05, 0) is 19.4 Å². The number of carbonyl (C=O) groups excluding carboxylic acids is 2. The highest BCUT2D eigenvalue weighted by molar-refractivity contribution is 7.16. The van der Waals surface area contributed by atoms with Gasteiger partial charge >= 0.3 is 11.9 Å². The zero-order chi connectivity index (χ0) is 19.9. The number of ether oxygens (including phenoxy) is 2. The molecule has 0 bridgehead atoms. The Morgan fingerprint density at radius 2 is 1.36 bits per heavy atom. The van der Waals surface area contributed by atoms with E-state index in [0.29, 0.717) is 5.01 Å². The third-order valence-corrected chi connectivity index (χ3v) is 5.19. The smallest absolute Gasteiger partial charge is 0.327 e. The Bertz CT molecular complexity index is 863. The summed E-state index contributed by atoms with van der Waals surface area (Å²) in [6, 6.07) is 19.5. The van der Waals surface area contributed by atoms with Gasteiger partial charge in [-0.2, -0.15) is 0 Å². The maximum absolute atomic E-state index is 12.5. The molecule has 0 radical (unpaired) electrons. The summed E-state index contributed by atoms with van der Waals surface area (Å²) in [6.07, 6.45) is 0. The van der Waals surface area contributed by atoms with E-state index in [1.165, 1.54) is 11.3 Å². The van der Waals surface area contributed by atoms with Gasteiger partial charge in [0.2, 0.25) is 5.92 Å². The molecule has 5 nitrogen and oxygen atoms in total. The van der Waals surface area contributed by atoms with Crippen molar-refractivity contribution in [2.24, 2.45) is 0 Å². The van der Waals surface area contributed by atoms with Crippen LogP contribution in [0.25, 0.3) is 21.7 Å². The van der Waals surface area contributed by atoms with Gasteiger partial charge in [-0.3, -0.25) is 9.59 Å².